The van der Waals surface area contributed by atoms with E-state index in [1.807, 2.05) is 13.8 Å². The zero-order valence-electron chi connectivity index (χ0n) is 16.8. The lowest BCUT2D eigenvalue weighted by Gasteiger charge is -2.21. The minimum Gasteiger partial charge on any atom is -0.353 e. The van der Waals surface area contributed by atoms with E-state index in [2.05, 4.69) is 10.6 Å². The number of rotatable bonds is 9. The molecule has 0 saturated heterocycles. The van der Waals surface area contributed by atoms with E-state index in [-0.39, 0.29) is 41.9 Å². The smallest absolute Gasteiger partial charge is 0.243 e. The van der Waals surface area contributed by atoms with E-state index < -0.39 is 10.0 Å². The molecule has 0 aliphatic carbocycles. The van der Waals surface area contributed by atoms with Crippen LogP contribution < -0.4 is 10.6 Å². The van der Waals surface area contributed by atoms with Crippen LogP contribution in [0.3, 0.4) is 0 Å². The summed E-state index contributed by atoms with van der Waals surface area (Å²) in [6, 6.07) is 5.91. The molecule has 1 rings (SSSR count). The standard InChI is InChI=1S/C18H30N4O4S/c1-13(2)19-17(23)11-21(5)12-18(24)20-15-7-9-16(10-8-15)27(25,26)22(6)14(3)4/h7-10,13-14H,11-12H2,1-6H3,(H,19,23)(H,20,24). The van der Waals surface area contributed by atoms with Crippen molar-refractivity contribution in [2.75, 3.05) is 32.5 Å². The molecule has 8 nitrogen and oxygen atoms in total. The molecule has 0 fully saturated rings. The van der Waals surface area contributed by atoms with Gasteiger partial charge in [-0.25, -0.2) is 8.42 Å². The fraction of sp³-hybridized carbons (Fsp3) is 0.556. The molecule has 0 aliphatic rings. The van der Waals surface area contributed by atoms with Crippen molar-refractivity contribution in [3.63, 3.8) is 0 Å². The second-order valence-corrected chi connectivity index (χ2v) is 9.08. The van der Waals surface area contributed by atoms with Gasteiger partial charge in [0.15, 0.2) is 0 Å². The first kappa shape index (κ1) is 23.1. The monoisotopic (exact) mass is 398 g/mol. The van der Waals surface area contributed by atoms with Crippen molar-refractivity contribution in [3.05, 3.63) is 24.3 Å². The van der Waals surface area contributed by atoms with Crippen molar-refractivity contribution >= 4 is 27.5 Å². The zero-order chi connectivity index (χ0) is 20.8. The Morgan fingerprint density at radius 2 is 1.48 bits per heavy atom. The molecule has 0 aliphatic heterocycles. The molecule has 1 aromatic carbocycles. The van der Waals surface area contributed by atoms with Gasteiger partial charge in [0.2, 0.25) is 21.8 Å². The maximum Gasteiger partial charge on any atom is 0.243 e. The highest BCUT2D eigenvalue weighted by atomic mass is 32.2. The van der Waals surface area contributed by atoms with Crippen molar-refractivity contribution in [1.82, 2.24) is 14.5 Å². The predicted molar refractivity (Wildman–Crippen MR) is 106 cm³/mol. The minimum atomic E-state index is -3.56. The summed E-state index contributed by atoms with van der Waals surface area (Å²) in [6.07, 6.45) is 0. The van der Waals surface area contributed by atoms with Crippen molar-refractivity contribution < 1.29 is 18.0 Å². The van der Waals surface area contributed by atoms with Gasteiger partial charge in [0.25, 0.3) is 0 Å². The molecule has 27 heavy (non-hydrogen) atoms. The second kappa shape index (κ2) is 9.82. The number of carbonyl (C=O) groups is 2. The van der Waals surface area contributed by atoms with Crippen LogP contribution >= 0.6 is 0 Å². The lowest BCUT2D eigenvalue weighted by Crippen LogP contribution is -2.41. The van der Waals surface area contributed by atoms with Gasteiger partial charge >= 0.3 is 0 Å². The van der Waals surface area contributed by atoms with Gasteiger partial charge in [0, 0.05) is 24.8 Å². The van der Waals surface area contributed by atoms with Gasteiger partial charge < -0.3 is 10.6 Å². The second-order valence-electron chi connectivity index (χ2n) is 7.08. The first-order valence-corrected chi connectivity index (χ1v) is 10.2. The molecule has 0 radical (unpaired) electrons. The summed E-state index contributed by atoms with van der Waals surface area (Å²) in [4.78, 5) is 25.6. The molecular weight excluding hydrogens is 368 g/mol. The van der Waals surface area contributed by atoms with Crippen molar-refractivity contribution in [1.29, 1.82) is 0 Å². The number of likely N-dealkylation sites (N-methyl/N-ethyl adjacent to an activating group) is 1. The van der Waals surface area contributed by atoms with E-state index in [9.17, 15) is 18.0 Å². The van der Waals surface area contributed by atoms with Gasteiger partial charge in [-0.05, 0) is 59.0 Å². The van der Waals surface area contributed by atoms with Crippen molar-refractivity contribution in [2.45, 2.75) is 44.7 Å². The Morgan fingerprint density at radius 3 is 1.96 bits per heavy atom. The lowest BCUT2D eigenvalue weighted by atomic mass is 10.3. The predicted octanol–water partition coefficient (Wildman–Crippen LogP) is 1.11. The third-order valence-electron chi connectivity index (χ3n) is 3.82. The normalized spacial score (nSPS) is 12.1. The molecule has 1 aromatic rings. The van der Waals surface area contributed by atoms with Crippen molar-refractivity contribution in [3.8, 4) is 0 Å². The Bertz CT molecular complexity index is 745. The lowest BCUT2D eigenvalue weighted by molar-refractivity contribution is -0.123. The quantitative estimate of drug-likeness (QED) is 0.649. The first-order chi connectivity index (χ1) is 12.4. The summed E-state index contributed by atoms with van der Waals surface area (Å²) in [7, 11) is -0.352. The fourth-order valence-electron chi connectivity index (χ4n) is 2.27. The number of nitrogens with zero attached hydrogens (tertiary/aromatic N) is 2. The van der Waals surface area contributed by atoms with Crippen LogP contribution in [-0.4, -0.2) is 68.7 Å². The summed E-state index contributed by atoms with van der Waals surface area (Å²) in [5.41, 5.74) is 0.492. The maximum atomic E-state index is 12.4. The molecule has 9 heteroatoms. The van der Waals surface area contributed by atoms with Crippen LogP contribution in [-0.2, 0) is 19.6 Å². The number of nitrogens with one attached hydrogen (secondary N) is 2. The van der Waals surface area contributed by atoms with Gasteiger partial charge in [0.05, 0.1) is 18.0 Å². The molecule has 2 N–H and O–H groups in total. The van der Waals surface area contributed by atoms with E-state index in [1.54, 1.807) is 37.9 Å². The average molecular weight is 399 g/mol. The van der Waals surface area contributed by atoms with E-state index in [1.165, 1.54) is 23.5 Å². The Hall–Kier alpha value is -1.97. The topological polar surface area (TPSA) is 98.8 Å². The van der Waals surface area contributed by atoms with Crippen LogP contribution in [0.1, 0.15) is 27.7 Å². The number of hydrogen-bond donors (Lipinski definition) is 2. The molecular formula is C18H30N4O4S. The summed E-state index contributed by atoms with van der Waals surface area (Å²) in [5, 5.41) is 5.46. The van der Waals surface area contributed by atoms with E-state index in [0.29, 0.717) is 5.69 Å². The third-order valence-corrected chi connectivity index (χ3v) is 5.87. The number of benzene rings is 1. The molecule has 0 heterocycles. The summed E-state index contributed by atoms with van der Waals surface area (Å²) in [5.74, 6) is -0.436. The van der Waals surface area contributed by atoms with Gasteiger partial charge in [-0.1, -0.05) is 0 Å². The van der Waals surface area contributed by atoms with Gasteiger partial charge in [-0.2, -0.15) is 4.31 Å². The zero-order valence-corrected chi connectivity index (χ0v) is 17.6. The average Bonchev–Trinajstić information content (AvgIpc) is 2.53. The molecule has 152 valence electrons. The van der Waals surface area contributed by atoms with Crippen LogP contribution in [0.2, 0.25) is 0 Å². The van der Waals surface area contributed by atoms with Crippen LogP contribution in [0.5, 0.6) is 0 Å². The summed E-state index contributed by atoms with van der Waals surface area (Å²) in [6.45, 7) is 7.49. The van der Waals surface area contributed by atoms with E-state index in [4.69, 9.17) is 0 Å². The number of sulfonamides is 1. The maximum absolute atomic E-state index is 12.4. The largest absolute Gasteiger partial charge is 0.353 e. The number of carbonyl (C=O) groups excluding carboxylic acids is 2. The van der Waals surface area contributed by atoms with Gasteiger partial charge in [-0.15, -0.1) is 0 Å². The first-order valence-electron chi connectivity index (χ1n) is 8.79. The Balaban J connectivity index is 2.65. The van der Waals surface area contributed by atoms with Gasteiger partial charge in [-0.3, -0.25) is 14.5 Å². The summed E-state index contributed by atoms with van der Waals surface area (Å²) < 4.78 is 26.1. The molecule has 0 saturated carbocycles. The van der Waals surface area contributed by atoms with Crippen LogP contribution in [0.25, 0.3) is 0 Å². The highest BCUT2D eigenvalue weighted by Gasteiger charge is 2.22. The van der Waals surface area contributed by atoms with Gasteiger partial charge in [0.1, 0.15) is 0 Å². The molecule has 0 bridgehead atoms. The molecule has 0 unspecified atom stereocenters. The van der Waals surface area contributed by atoms with E-state index >= 15 is 0 Å². The molecule has 0 aromatic heterocycles. The molecule has 2 amide bonds. The molecule has 0 spiro atoms. The van der Waals surface area contributed by atoms with Crippen molar-refractivity contribution in [2.24, 2.45) is 0 Å². The molecule has 0 atom stereocenters. The number of hydrogen-bond acceptors (Lipinski definition) is 5. The van der Waals surface area contributed by atoms with Crippen LogP contribution in [0, 0.1) is 0 Å². The highest BCUT2D eigenvalue weighted by molar-refractivity contribution is 7.89. The fourth-order valence-corrected chi connectivity index (χ4v) is 3.64. The Morgan fingerprint density at radius 1 is 0.963 bits per heavy atom. The van der Waals surface area contributed by atoms with E-state index in [0.717, 1.165) is 0 Å². The van der Waals surface area contributed by atoms with Crippen LogP contribution in [0.15, 0.2) is 29.2 Å². The Labute approximate surface area is 162 Å². The van der Waals surface area contributed by atoms with Crippen LogP contribution in [0.4, 0.5) is 5.69 Å². The number of anilines is 1. The minimum absolute atomic E-state index is 0.0433. The Kier molecular flexibility index (Phi) is 8.39. The number of amides is 2. The third kappa shape index (κ3) is 7.28. The summed E-state index contributed by atoms with van der Waals surface area (Å²) >= 11 is 0. The highest BCUT2D eigenvalue weighted by Crippen LogP contribution is 2.19. The SMILES string of the molecule is CC(C)NC(=O)CN(C)CC(=O)Nc1ccc(S(=O)(=O)N(C)C(C)C)cc1.